The molecule has 4 nitrogen and oxygen atoms in total. The van der Waals surface area contributed by atoms with Crippen LogP contribution < -0.4 is 0 Å². The number of amides is 1. The Balaban J connectivity index is 2.07. The SMILES string of the molecule is Cc1ccoc1C(=O)N1CCOC(CBr)C1. The molecule has 1 unspecified atom stereocenters. The van der Waals surface area contributed by atoms with Gasteiger partial charge in [-0.05, 0) is 13.0 Å². The van der Waals surface area contributed by atoms with Gasteiger partial charge in [0.2, 0.25) is 0 Å². The highest BCUT2D eigenvalue weighted by molar-refractivity contribution is 9.09. The minimum Gasteiger partial charge on any atom is -0.459 e. The molecular formula is C11H14BrNO3. The molecular weight excluding hydrogens is 274 g/mol. The first kappa shape index (κ1) is 11.7. The fraction of sp³-hybridized carbons (Fsp3) is 0.545. The molecule has 2 rings (SSSR count). The third-order valence-electron chi connectivity index (χ3n) is 2.65. The van der Waals surface area contributed by atoms with E-state index in [4.69, 9.17) is 9.15 Å². The average Bonchev–Trinajstić information content (AvgIpc) is 2.74. The van der Waals surface area contributed by atoms with Crippen LogP contribution in [0.4, 0.5) is 0 Å². The molecule has 0 spiro atoms. The molecule has 0 saturated carbocycles. The molecule has 0 aliphatic carbocycles. The van der Waals surface area contributed by atoms with Gasteiger partial charge in [0.15, 0.2) is 5.76 Å². The number of carbonyl (C=O) groups is 1. The first-order valence-electron chi connectivity index (χ1n) is 5.23. The molecule has 1 aliphatic rings. The van der Waals surface area contributed by atoms with E-state index in [1.54, 1.807) is 17.2 Å². The van der Waals surface area contributed by atoms with Crippen molar-refractivity contribution < 1.29 is 13.9 Å². The summed E-state index contributed by atoms with van der Waals surface area (Å²) in [4.78, 5) is 13.9. The second-order valence-electron chi connectivity index (χ2n) is 3.83. The zero-order chi connectivity index (χ0) is 11.5. The topological polar surface area (TPSA) is 42.7 Å². The number of rotatable bonds is 2. The van der Waals surface area contributed by atoms with Crippen LogP contribution in [0.3, 0.4) is 0 Å². The molecule has 1 aromatic rings. The van der Waals surface area contributed by atoms with Gasteiger partial charge < -0.3 is 14.1 Å². The fourth-order valence-electron chi connectivity index (χ4n) is 1.73. The largest absolute Gasteiger partial charge is 0.459 e. The lowest BCUT2D eigenvalue weighted by molar-refractivity contribution is -0.0108. The maximum absolute atomic E-state index is 12.1. The lowest BCUT2D eigenvalue weighted by Crippen LogP contribution is -2.46. The predicted octanol–water partition coefficient (Wildman–Crippen LogP) is 1.82. The summed E-state index contributed by atoms with van der Waals surface area (Å²) < 4.78 is 10.7. The van der Waals surface area contributed by atoms with Crippen LogP contribution in [0.2, 0.25) is 0 Å². The third kappa shape index (κ3) is 2.30. The van der Waals surface area contributed by atoms with E-state index in [0.29, 0.717) is 25.5 Å². The van der Waals surface area contributed by atoms with E-state index >= 15 is 0 Å². The molecule has 0 aromatic carbocycles. The van der Waals surface area contributed by atoms with Crippen molar-refractivity contribution in [3.63, 3.8) is 0 Å². The number of hydrogen-bond donors (Lipinski definition) is 0. The summed E-state index contributed by atoms with van der Waals surface area (Å²) in [6.45, 7) is 3.70. The number of hydrogen-bond acceptors (Lipinski definition) is 3. The highest BCUT2D eigenvalue weighted by Crippen LogP contribution is 2.15. The molecule has 5 heteroatoms. The zero-order valence-electron chi connectivity index (χ0n) is 9.11. The highest BCUT2D eigenvalue weighted by Gasteiger charge is 2.26. The number of carbonyl (C=O) groups excluding carboxylic acids is 1. The summed E-state index contributed by atoms with van der Waals surface area (Å²) >= 11 is 3.36. The van der Waals surface area contributed by atoms with Gasteiger partial charge in [-0.3, -0.25) is 4.79 Å². The van der Waals surface area contributed by atoms with E-state index in [1.807, 2.05) is 6.92 Å². The Morgan fingerprint density at radius 1 is 1.69 bits per heavy atom. The molecule has 1 aromatic heterocycles. The molecule has 1 saturated heterocycles. The number of halogens is 1. The number of morpholine rings is 1. The summed E-state index contributed by atoms with van der Waals surface area (Å²) in [5.74, 6) is 0.395. The number of aryl methyl sites for hydroxylation is 1. The first-order valence-corrected chi connectivity index (χ1v) is 6.35. The van der Waals surface area contributed by atoms with E-state index in [0.717, 1.165) is 10.9 Å². The number of furan rings is 1. The van der Waals surface area contributed by atoms with Crippen molar-refractivity contribution in [3.8, 4) is 0 Å². The summed E-state index contributed by atoms with van der Waals surface area (Å²) in [5, 5.41) is 0.744. The van der Waals surface area contributed by atoms with Gasteiger partial charge in [-0.15, -0.1) is 0 Å². The maximum Gasteiger partial charge on any atom is 0.289 e. The Kier molecular flexibility index (Phi) is 3.66. The fourth-order valence-corrected chi connectivity index (χ4v) is 2.12. The smallest absolute Gasteiger partial charge is 0.289 e. The third-order valence-corrected chi connectivity index (χ3v) is 3.38. The summed E-state index contributed by atoms with van der Waals surface area (Å²) in [6, 6.07) is 1.80. The van der Waals surface area contributed by atoms with Gasteiger partial charge in [0.1, 0.15) is 0 Å². The van der Waals surface area contributed by atoms with Gasteiger partial charge in [0.05, 0.1) is 19.0 Å². The van der Waals surface area contributed by atoms with Gasteiger partial charge in [0, 0.05) is 24.0 Å². The highest BCUT2D eigenvalue weighted by atomic mass is 79.9. The monoisotopic (exact) mass is 287 g/mol. The van der Waals surface area contributed by atoms with Gasteiger partial charge >= 0.3 is 0 Å². The minimum absolute atomic E-state index is 0.0447. The Labute approximate surface area is 103 Å². The molecule has 0 radical (unpaired) electrons. The Morgan fingerprint density at radius 2 is 2.50 bits per heavy atom. The molecule has 0 bridgehead atoms. The summed E-state index contributed by atoms with van der Waals surface area (Å²) in [5.41, 5.74) is 0.881. The Morgan fingerprint density at radius 3 is 3.12 bits per heavy atom. The molecule has 1 atom stereocenters. The van der Waals surface area contributed by atoms with Crippen molar-refractivity contribution in [2.45, 2.75) is 13.0 Å². The van der Waals surface area contributed by atoms with Crippen molar-refractivity contribution >= 4 is 21.8 Å². The van der Waals surface area contributed by atoms with Crippen LogP contribution in [0.25, 0.3) is 0 Å². The summed E-state index contributed by atoms with van der Waals surface area (Å²) in [7, 11) is 0. The van der Waals surface area contributed by atoms with Crippen LogP contribution in [0.15, 0.2) is 16.7 Å². The molecule has 1 fully saturated rings. The Bertz CT molecular complexity index is 377. The van der Waals surface area contributed by atoms with Crippen molar-refractivity contribution in [3.05, 3.63) is 23.7 Å². The molecule has 1 aliphatic heterocycles. The van der Waals surface area contributed by atoms with E-state index < -0.39 is 0 Å². The molecule has 88 valence electrons. The summed E-state index contributed by atoms with van der Waals surface area (Å²) in [6.07, 6.45) is 1.62. The second kappa shape index (κ2) is 5.01. The molecule has 16 heavy (non-hydrogen) atoms. The Hall–Kier alpha value is -0.810. The lowest BCUT2D eigenvalue weighted by atomic mass is 10.2. The molecule has 0 N–H and O–H groups in total. The van der Waals surface area contributed by atoms with Crippen LogP contribution >= 0.6 is 15.9 Å². The number of alkyl halides is 1. The van der Waals surface area contributed by atoms with Crippen LogP contribution in [-0.2, 0) is 4.74 Å². The van der Waals surface area contributed by atoms with Crippen LogP contribution in [0.5, 0.6) is 0 Å². The standard InChI is InChI=1S/C11H14BrNO3/c1-8-2-4-16-10(8)11(14)13-3-5-15-9(6-12)7-13/h2,4,9H,3,5-7H2,1H3. The molecule has 2 heterocycles. The second-order valence-corrected chi connectivity index (χ2v) is 4.48. The van der Waals surface area contributed by atoms with Crippen molar-refractivity contribution in [2.75, 3.05) is 25.0 Å². The van der Waals surface area contributed by atoms with Crippen molar-refractivity contribution in [1.82, 2.24) is 4.90 Å². The van der Waals surface area contributed by atoms with E-state index in [1.165, 1.54) is 0 Å². The minimum atomic E-state index is -0.0447. The van der Waals surface area contributed by atoms with Gasteiger partial charge in [-0.25, -0.2) is 0 Å². The average molecular weight is 288 g/mol. The maximum atomic E-state index is 12.1. The van der Waals surface area contributed by atoms with Crippen molar-refractivity contribution in [1.29, 1.82) is 0 Å². The quantitative estimate of drug-likeness (QED) is 0.780. The molecule has 1 amide bonds. The lowest BCUT2D eigenvalue weighted by Gasteiger charge is -2.31. The number of nitrogens with zero attached hydrogens (tertiary/aromatic N) is 1. The van der Waals surface area contributed by atoms with E-state index in [-0.39, 0.29) is 12.0 Å². The van der Waals surface area contributed by atoms with Gasteiger partial charge in [0.25, 0.3) is 5.91 Å². The van der Waals surface area contributed by atoms with Crippen molar-refractivity contribution in [2.24, 2.45) is 0 Å². The zero-order valence-corrected chi connectivity index (χ0v) is 10.7. The van der Waals surface area contributed by atoms with Gasteiger partial charge in [-0.1, -0.05) is 15.9 Å². The number of ether oxygens (including phenoxy) is 1. The first-order chi connectivity index (χ1) is 7.72. The van der Waals surface area contributed by atoms with E-state index in [2.05, 4.69) is 15.9 Å². The predicted molar refractivity (Wildman–Crippen MR) is 62.9 cm³/mol. The van der Waals surface area contributed by atoms with Crippen LogP contribution in [-0.4, -0.2) is 41.9 Å². The van der Waals surface area contributed by atoms with Crippen LogP contribution in [0.1, 0.15) is 16.1 Å². The van der Waals surface area contributed by atoms with Gasteiger partial charge in [-0.2, -0.15) is 0 Å². The van der Waals surface area contributed by atoms with Crippen LogP contribution in [0, 0.1) is 6.92 Å². The normalized spacial score (nSPS) is 21.1. The van der Waals surface area contributed by atoms with E-state index in [9.17, 15) is 4.79 Å².